The number of ether oxygens (including phenoxy) is 1. The summed E-state index contributed by atoms with van der Waals surface area (Å²) in [6, 6.07) is 15.8. The summed E-state index contributed by atoms with van der Waals surface area (Å²) in [5.74, 6) is 1.20. The quantitative estimate of drug-likeness (QED) is 0.578. The van der Waals surface area contributed by atoms with Crippen molar-refractivity contribution in [2.45, 2.75) is 6.42 Å². The average molecular weight is 466 g/mol. The molecule has 0 amide bonds. The lowest BCUT2D eigenvalue weighted by Crippen LogP contribution is -2.47. The fraction of sp³-hybridized carbons (Fsp3) is 0.375. The van der Waals surface area contributed by atoms with Crippen LogP contribution in [-0.2, 0) is 4.74 Å². The van der Waals surface area contributed by atoms with Gasteiger partial charge in [0.05, 0.1) is 37.8 Å². The van der Waals surface area contributed by atoms with Gasteiger partial charge in [-0.1, -0.05) is 41.9 Å². The molecule has 0 atom stereocenters. The highest BCUT2D eigenvalue weighted by Crippen LogP contribution is 2.29. The highest BCUT2D eigenvalue weighted by Gasteiger charge is 2.16. The Bertz CT molecular complexity index is 1120. The third-order valence-electron chi connectivity index (χ3n) is 5.89. The summed E-state index contributed by atoms with van der Waals surface area (Å²) < 4.78 is 5.42. The summed E-state index contributed by atoms with van der Waals surface area (Å²) in [7, 11) is 0. The Labute approximate surface area is 198 Å². The second-order valence-corrected chi connectivity index (χ2v) is 8.67. The van der Waals surface area contributed by atoms with Crippen molar-refractivity contribution in [3.05, 3.63) is 53.6 Å². The third-order valence-corrected chi connectivity index (χ3v) is 6.12. The number of hydrogen-bond donors (Lipinski definition) is 2. The molecule has 0 radical (unpaired) electrons. The van der Waals surface area contributed by atoms with E-state index in [2.05, 4.69) is 30.4 Å². The van der Waals surface area contributed by atoms with E-state index in [1.807, 2.05) is 48.5 Å². The Kier molecular flexibility index (Phi) is 6.97. The average Bonchev–Trinajstić information content (AvgIpc) is 2.86. The van der Waals surface area contributed by atoms with Crippen molar-refractivity contribution in [3.8, 4) is 11.3 Å². The van der Waals surface area contributed by atoms with Crippen LogP contribution < -0.4 is 10.6 Å². The molecule has 2 aromatic carbocycles. The maximum absolute atomic E-state index is 6.25. The van der Waals surface area contributed by atoms with Crippen molar-refractivity contribution in [2.75, 3.05) is 58.0 Å². The number of fused-ring (bicyclic) bond motifs is 1. The highest BCUT2D eigenvalue weighted by atomic mass is 35.5. The molecular formula is C24H28ClN7O. The van der Waals surface area contributed by atoms with Crippen molar-refractivity contribution in [2.24, 2.45) is 4.99 Å². The van der Waals surface area contributed by atoms with Crippen LogP contribution >= 0.6 is 11.6 Å². The molecule has 5 rings (SSSR count). The Hall–Kier alpha value is -2.78. The van der Waals surface area contributed by atoms with Gasteiger partial charge in [-0.3, -0.25) is 15.1 Å². The standard InChI is InChI=1S/C24H28ClN7O/c25-19-7-8-21-20(15-19)22(18-5-2-1-3-6-18)29-24(28-21)30-23-26-16-32(17-27-23)10-4-9-31-11-13-33-14-12-31/h1-3,5-8,15H,4,9-14,16-17H2,(H2,26,27,28,29,30). The van der Waals surface area contributed by atoms with E-state index in [1.54, 1.807) is 0 Å². The molecule has 9 heteroatoms. The SMILES string of the molecule is Clc1ccc2nc(NC3=NCN(CCCN4CCOCC4)CN3)nc(-c3ccccc3)c2c1. The van der Waals surface area contributed by atoms with E-state index < -0.39 is 0 Å². The Morgan fingerprint density at radius 2 is 1.82 bits per heavy atom. The number of guanidine groups is 1. The van der Waals surface area contributed by atoms with Crippen molar-refractivity contribution in [1.29, 1.82) is 0 Å². The molecule has 0 saturated carbocycles. The molecule has 33 heavy (non-hydrogen) atoms. The topological polar surface area (TPSA) is 77.9 Å². The zero-order valence-corrected chi connectivity index (χ0v) is 19.3. The van der Waals surface area contributed by atoms with Crippen molar-refractivity contribution >= 4 is 34.4 Å². The summed E-state index contributed by atoms with van der Waals surface area (Å²) in [5, 5.41) is 8.20. The van der Waals surface area contributed by atoms with Crippen LogP contribution in [0.1, 0.15) is 6.42 Å². The molecule has 2 aliphatic heterocycles. The van der Waals surface area contributed by atoms with Crippen LogP contribution in [0.3, 0.4) is 0 Å². The maximum Gasteiger partial charge on any atom is 0.230 e. The zero-order chi connectivity index (χ0) is 22.5. The minimum atomic E-state index is 0.510. The van der Waals surface area contributed by atoms with E-state index in [0.717, 1.165) is 74.6 Å². The van der Waals surface area contributed by atoms with E-state index in [1.165, 1.54) is 0 Å². The number of halogens is 1. The van der Waals surface area contributed by atoms with E-state index in [0.29, 0.717) is 23.6 Å². The maximum atomic E-state index is 6.25. The molecule has 1 aromatic heterocycles. The molecule has 0 unspecified atom stereocenters. The first-order valence-corrected chi connectivity index (χ1v) is 11.7. The molecule has 0 aliphatic carbocycles. The molecule has 1 fully saturated rings. The summed E-state index contributed by atoms with van der Waals surface area (Å²) in [5.41, 5.74) is 2.68. The monoisotopic (exact) mass is 465 g/mol. The van der Waals surface area contributed by atoms with Crippen LogP contribution in [0.15, 0.2) is 53.5 Å². The molecule has 0 spiro atoms. The van der Waals surface area contributed by atoms with Crippen LogP contribution in [0, 0.1) is 0 Å². The van der Waals surface area contributed by atoms with Crippen LogP contribution in [-0.4, -0.2) is 78.5 Å². The highest BCUT2D eigenvalue weighted by molar-refractivity contribution is 6.31. The fourth-order valence-corrected chi connectivity index (χ4v) is 4.29. The number of rotatable bonds is 6. The molecule has 2 aliphatic rings. The lowest BCUT2D eigenvalue weighted by Gasteiger charge is -2.29. The molecular weight excluding hydrogens is 438 g/mol. The minimum absolute atomic E-state index is 0.510. The van der Waals surface area contributed by atoms with Crippen LogP contribution in [0.4, 0.5) is 5.95 Å². The van der Waals surface area contributed by atoms with Crippen molar-refractivity contribution in [1.82, 2.24) is 25.1 Å². The van der Waals surface area contributed by atoms with Gasteiger partial charge in [-0.15, -0.1) is 0 Å². The first kappa shape index (κ1) is 22.0. The van der Waals surface area contributed by atoms with Gasteiger partial charge in [0.15, 0.2) is 0 Å². The lowest BCUT2D eigenvalue weighted by molar-refractivity contribution is 0.0360. The predicted octanol–water partition coefficient (Wildman–Crippen LogP) is 3.26. The van der Waals surface area contributed by atoms with Crippen LogP contribution in [0.2, 0.25) is 5.02 Å². The largest absolute Gasteiger partial charge is 0.379 e. The molecule has 2 N–H and O–H groups in total. The number of morpholine rings is 1. The Morgan fingerprint density at radius 1 is 1.00 bits per heavy atom. The normalized spacial score (nSPS) is 17.5. The number of aliphatic imine (C=N–C) groups is 1. The van der Waals surface area contributed by atoms with Gasteiger partial charge >= 0.3 is 0 Å². The molecule has 0 bridgehead atoms. The Morgan fingerprint density at radius 3 is 2.61 bits per heavy atom. The summed E-state index contributed by atoms with van der Waals surface area (Å²) in [6.07, 6.45) is 1.12. The molecule has 8 nitrogen and oxygen atoms in total. The van der Waals surface area contributed by atoms with Gasteiger partial charge in [-0.2, -0.15) is 0 Å². The first-order chi connectivity index (χ1) is 16.2. The van der Waals surface area contributed by atoms with Gasteiger partial charge in [0, 0.05) is 35.6 Å². The number of hydrogen-bond acceptors (Lipinski definition) is 8. The number of anilines is 1. The fourth-order valence-electron chi connectivity index (χ4n) is 4.12. The summed E-state index contributed by atoms with van der Waals surface area (Å²) in [6.45, 7) is 7.26. The number of nitrogens with zero attached hydrogens (tertiary/aromatic N) is 5. The molecule has 1 saturated heterocycles. The molecule has 3 heterocycles. The van der Waals surface area contributed by atoms with Crippen LogP contribution in [0.25, 0.3) is 22.2 Å². The lowest BCUT2D eigenvalue weighted by atomic mass is 10.1. The van der Waals surface area contributed by atoms with Gasteiger partial charge in [0.1, 0.15) is 0 Å². The van der Waals surface area contributed by atoms with Crippen molar-refractivity contribution in [3.63, 3.8) is 0 Å². The van der Waals surface area contributed by atoms with Gasteiger partial charge in [0.2, 0.25) is 11.9 Å². The number of benzene rings is 2. The van der Waals surface area contributed by atoms with E-state index in [-0.39, 0.29) is 0 Å². The molecule has 172 valence electrons. The predicted molar refractivity (Wildman–Crippen MR) is 132 cm³/mol. The van der Waals surface area contributed by atoms with Gasteiger partial charge < -0.3 is 10.1 Å². The van der Waals surface area contributed by atoms with E-state index >= 15 is 0 Å². The summed E-state index contributed by atoms with van der Waals surface area (Å²) in [4.78, 5) is 18.9. The smallest absolute Gasteiger partial charge is 0.230 e. The second kappa shape index (κ2) is 10.4. The van der Waals surface area contributed by atoms with Gasteiger partial charge in [0.25, 0.3) is 0 Å². The summed E-state index contributed by atoms with van der Waals surface area (Å²) >= 11 is 6.25. The van der Waals surface area contributed by atoms with E-state index in [9.17, 15) is 0 Å². The third kappa shape index (κ3) is 5.59. The zero-order valence-electron chi connectivity index (χ0n) is 18.5. The second-order valence-electron chi connectivity index (χ2n) is 8.23. The van der Waals surface area contributed by atoms with Gasteiger partial charge in [-0.25, -0.2) is 15.0 Å². The van der Waals surface area contributed by atoms with Crippen molar-refractivity contribution < 1.29 is 4.74 Å². The Balaban J connectivity index is 1.25. The van der Waals surface area contributed by atoms with E-state index in [4.69, 9.17) is 21.3 Å². The van der Waals surface area contributed by atoms with Gasteiger partial charge in [-0.05, 0) is 31.2 Å². The minimum Gasteiger partial charge on any atom is -0.379 e. The number of aromatic nitrogens is 2. The van der Waals surface area contributed by atoms with Crippen LogP contribution in [0.5, 0.6) is 0 Å². The molecule has 3 aromatic rings. The number of nitrogens with one attached hydrogen (secondary N) is 2. The first-order valence-electron chi connectivity index (χ1n) is 11.4.